The van der Waals surface area contributed by atoms with E-state index in [-0.39, 0.29) is 6.61 Å². The molecule has 0 radical (unpaired) electrons. The Morgan fingerprint density at radius 3 is 2.89 bits per heavy atom. The van der Waals surface area contributed by atoms with Gasteiger partial charge in [0.15, 0.2) is 0 Å². The predicted molar refractivity (Wildman–Crippen MR) is 76.8 cm³/mol. The zero-order valence-electron chi connectivity index (χ0n) is 12.3. The number of nitrogens with zero attached hydrogens (tertiary/aromatic N) is 3. The summed E-state index contributed by atoms with van der Waals surface area (Å²) in [5, 5.41) is 20.4. The van der Waals surface area contributed by atoms with E-state index in [1.54, 1.807) is 4.68 Å². The largest absolute Gasteiger partial charge is 0.396 e. The van der Waals surface area contributed by atoms with Crippen molar-refractivity contribution in [2.75, 3.05) is 6.61 Å². The highest BCUT2D eigenvalue weighted by atomic mass is 16.3. The van der Waals surface area contributed by atoms with Gasteiger partial charge in [-0.1, -0.05) is 37.8 Å². The van der Waals surface area contributed by atoms with Crippen LogP contribution in [-0.2, 0) is 13.1 Å². The average Bonchev–Trinajstić information content (AvgIpc) is 2.87. The fourth-order valence-electron chi connectivity index (χ4n) is 2.02. The smallest absolute Gasteiger partial charge is 0.0964 e. The molecule has 0 aliphatic rings. The third-order valence-electron chi connectivity index (χ3n) is 3.25. The fraction of sp³-hybridized carbons (Fsp3) is 0.857. The summed E-state index contributed by atoms with van der Waals surface area (Å²) in [5.74, 6) is 0. The second-order valence-corrected chi connectivity index (χ2v) is 5.18. The zero-order valence-corrected chi connectivity index (χ0v) is 12.3. The Bertz CT molecular complexity index is 327. The van der Waals surface area contributed by atoms with Gasteiger partial charge in [-0.3, -0.25) is 4.68 Å². The highest BCUT2D eigenvalue weighted by Gasteiger charge is 2.04. The second-order valence-electron chi connectivity index (χ2n) is 5.18. The zero-order chi connectivity index (χ0) is 13.9. The molecular formula is C14H28N4O. The van der Waals surface area contributed by atoms with Gasteiger partial charge >= 0.3 is 0 Å². The molecule has 2 N–H and O–H groups in total. The summed E-state index contributed by atoms with van der Waals surface area (Å²) in [6.07, 6.45) is 9.16. The van der Waals surface area contributed by atoms with Crippen molar-refractivity contribution in [3.63, 3.8) is 0 Å². The van der Waals surface area contributed by atoms with Crippen molar-refractivity contribution < 1.29 is 5.11 Å². The van der Waals surface area contributed by atoms with E-state index in [0.717, 1.165) is 25.2 Å². The van der Waals surface area contributed by atoms with Gasteiger partial charge in [0, 0.05) is 31.9 Å². The maximum atomic E-state index is 8.76. The van der Waals surface area contributed by atoms with Crippen LogP contribution < -0.4 is 5.32 Å². The molecule has 0 fully saturated rings. The Balaban J connectivity index is 2.15. The summed E-state index contributed by atoms with van der Waals surface area (Å²) in [5.41, 5.74) is 0.971. The van der Waals surface area contributed by atoms with Crippen LogP contribution in [0, 0.1) is 0 Å². The van der Waals surface area contributed by atoms with E-state index in [4.69, 9.17) is 5.11 Å². The molecule has 0 amide bonds. The van der Waals surface area contributed by atoms with Gasteiger partial charge in [0.2, 0.25) is 0 Å². The van der Waals surface area contributed by atoms with Crippen molar-refractivity contribution in [3.05, 3.63) is 11.9 Å². The third kappa shape index (κ3) is 7.28. The minimum absolute atomic E-state index is 0.197. The van der Waals surface area contributed by atoms with Gasteiger partial charge < -0.3 is 10.4 Å². The van der Waals surface area contributed by atoms with E-state index >= 15 is 0 Å². The van der Waals surface area contributed by atoms with Gasteiger partial charge in [-0.25, -0.2) is 0 Å². The van der Waals surface area contributed by atoms with Crippen molar-refractivity contribution in [1.82, 2.24) is 20.3 Å². The van der Waals surface area contributed by atoms with E-state index < -0.39 is 0 Å². The number of hydrogen-bond donors (Lipinski definition) is 2. The second kappa shape index (κ2) is 9.92. The van der Waals surface area contributed by atoms with Crippen LogP contribution >= 0.6 is 0 Å². The molecule has 0 spiro atoms. The number of aromatic nitrogens is 3. The Hall–Kier alpha value is -0.940. The first-order valence-corrected chi connectivity index (χ1v) is 7.49. The van der Waals surface area contributed by atoms with Crippen LogP contribution in [0.15, 0.2) is 6.20 Å². The Morgan fingerprint density at radius 2 is 2.16 bits per heavy atom. The van der Waals surface area contributed by atoms with Crippen molar-refractivity contribution in [1.29, 1.82) is 0 Å². The number of unbranched alkanes of at least 4 members (excludes halogenated alkanes) is 3. The van der Waals surface area contributed by atoms with E-state index in [2.05, 4.69) is 29.5 Å². The first-order chi connectivity index (χ1) is 9.26. The van der Waals surface area contributed by atoms with E-state index in [9.17, 15) is 0 Å². The number of hydrogen-bond acceptors (Lipinski definition) is 4. The van der Waals surface area contributed by atoms with Crippen LogP contribution in [0.3, 0.4) is 0 Å². The van der Waals surface area contributed by atoms with Gasteiger partial charge in [-0.05, 0) is 19.8 Å². The molecule has 0 saturated heterocycles. The van der Waals surface area contributed by atoms with E-state index in [1.807, 2.05) is 6.20 Å². The van der Waals surface area contributed by atoms with Gasteiger partial charge in [0.25, 0.3) is 0 Å². The molecule has 1 aromatic heterocycles. The molecule has 19 heavy (non-hydrogen) atoms. The summed E-state index contributed by atoms with van der Waals surface area (Å²) in [6.45, 7) is 6.16. The molecule has 0 aromatic carbocycles. The molecule has 110 valence electrons. The third-order valence-corrected chi connectivity index (χ3v) is 3.25. The van der Waals surface area contributed by atoms with Gasteiger partial charge in [-0.15, -0.1) is 5.10 Å². The summed E-state index contributed by atoms with van der Waals surface area (Å²) in [6, 6.07) is 0.527. The van der Waals surface area contributed by atoms with Crippen molar-refractivity contribution in [3.8, 4) is 0 Å². The monoisotopic (exact) mass is 268 g/mol. The van der Waals surface area contributed by atoms with Gasteiger partial charge in [-0.2, -0.15) is 0 Å². The van der Waals surface area contributed by atoms with Gasteiger partial charge in [0.05, 0.1) is 5.69 Å². The number of aliphatic hydroxyl groups is 1. The number of rotatable bonds is 11. The fourth-order valence-corrected chi connectivity index (χ4v) is 2.02. The van der Waals surface area contributed by atoms with Crippen LogP contribution in [0.5, 0.6) is 0 Å². The first-order valence-electron chi connectivity index (χ1n) is 7.49. The molecule has 1 rings (SSSR count). The van der Waals surface area contributed by atoms with Gasteiger partial charge in [0.1, 0.15) is 0 Å². The number of aliphatic hydroxyl groups excluding tert-OH is 1. The van der Waals surface area contributed by atoms with Crippen molar-refractivity contribution >= 4 is 0 Å². The Labute approximate surface area is 116 Å². The van der Waals surface area contributed by atoms with Crippen LogP contribution in [0.2, 0.25) is 0 Å². The normalized spacial score (nSPS) is 12.8. The van der Waals surface area contributed by atoms with E-state index in [1.165, 1.54) is 32.1 Å². The van der Waals surface area contributed by atoms with Crippen LogP contribution in [0.4, 0.5) is 0 Å². The Kier molecular flexibility index (Phi) is 8.41. The van der Waals surface area contributed by atoms with Crippen molar-refractivity contribution in [2.24, 2.45) is 0 Å². The highest BCUT2D eigenvalue weighted by molar-refractivity contribution is 4.91. The Morgan fingerprint density at radius 1 is 1.32 bits per heavy atom. The van der Waals surface area contributed by atoms with E-state index in [0.29, 0.717) is 6.04 Å². The topological polar surface area (TPSA) is 63.0 Å². The summed E-state index contributed by atoms with van der Waals surface area (Å²) >= 11 is 0. The van der Waals surface area contributed by atoms with Crippen LogP contribution in [0.1, 0.15) is 58.1 Å². The first kappa shape index (κ1) is 16.1. The molecule has 1 heterocycles. The molecule has 1 atom stereocenters. The SMILES string of the molecule is CCCCCCC(C)NCc1cn(CCCO)nn1. The molecule has 0 saturated carbocycles. The lowest BCUT2D eigenvalue weighted by Gasteiger charge is -2.12. The predicted octanol–water partition coefficient (Wildman–Crippen LogP) is 2.11. The number of aryl methyl sites for hydroxylation is 1. The number of nitrogens with one attached hydrogen (secondary N) is 1. The van der Waals surface area contributed by atoms with Crippen LogP contribution in [-0.4, -0.2) is 32.7 Å². The minimum Gasteiger partial charge on any atom is -0.396 e. The molecule has 0 aliphatic heterocycles. The van der Waals surface area contributed by atoms with Crippen LogP contribution in [0.25, 0.3) is 0 Å². The quantitative estimate of drug-likeness (QED) is 0.603. The molecule has 5 nitrogen and oxygen atoms in total. The lowest BCUT2D eigenvalue weighted by atomic mass is 10.1. The minimum atomic E-state index is 0.197. The maximum Gasteiger partial charge on any atom is 0.0964 e. The highest BCUT2D eigenvalue weighted by Crippen LogP contribution is 2.05. The summed E-state index contributed by atoms with van der Waals surface area (Å²) < 4.78 is 1.79. The van der Waals surface area contributed by atoms with Crippen molar-refractivity contribution in [2.45, 2.75) is 71.5 Å². The average molecular weight is 268 g/mol. The molecular weight excluding hydrogens is 240 g/mol. The molecule has 0 aliphatic carbocycles. The lowest BCUT2D eigenvalue weighted by Crippen LogP contribution is -2.25. The lowest BCUT2D eigenvalue weighted by molar-refractivity contribution is 0.276. The molecule has 1 unspecified atom stereocenters. The summed E-state index contributed by atoms with van der Waals surface area (Å²) in [7, 11) is 0. The summed E-state index contributed by atoms with van der Waals surface area (Å²) in [4.78, 5) is 0. The maximum absolute atomic E-state index is 8.76. The standard InChI is InChI=1S/C14H28N4O/c1-3-4-5-6-8-13(2)15-11-14-12-18(17-16-14)9-7-10-19/h12-13,15,19H,3-11H2,1-2H3. The molecule has 5 heteroatoms. The molecule has 1 aromatic rings. The molecule has 0 bridgehead atoms.